The van der Waals surface area contributed by atoms with Crippen molar-refractivity contribution in [3.8, 4) is 0 Å². The predicted octanol–water partition coefficient (Wildman–Crippen LogP) is 3.12. The van der Waals surface area contributed by atoms with Crippen LogP contribution in [0.25, 0.3) is 0 Å². The number of carbonyl (C=O) groups excluding carboxylic acids is 2. The second-order valence-electron chi connectivity index (χ2n) is 7.37. The Kier molecular flexibility index (Phi) is 7.06. The van der Waals surface area contributed by atoms with Crippen LogP contribution in [0.2, 0.25) is 0 Å². The summed E-state index contributed by atoms with van der Waals surface area (Å²) in [7, 11) is 0. The van der Waals surface area contributed by atoms with Crippen molar-refractivity contribution in [3.05, 3.63) is 57.8 Å². The quantitative estimate of drug-likeness (QED) is 0.667. The van der Waals surface area contributed by atoms with Gasteiger partial charge in [0.1, 0.15) is 0 Å². The van der Waals surface area contributed by atoms with E-state index in [2.05, 4.69) is 40.0 Å². The van der Waals surface area contributed by atoms with E-state index < -0.39 is 6.03 Å². The minimum absolute atomic E-state index is 0.0821. The van der Waals surface area contributed by atoms with E-state index in [-0.39, 0.29) is 11.9 Å². The van der Waals surface area contributed by atoms with E-state index in [0.717, 1.165) is 24.6 Å². The number of piperidine rings is 1. The number of hydrogen-bond acceptors (Lipinski definition) is 4. The van der Waals surface area contributed by atoms with Crippen LogP contribution in [0.15, 0.2) is 41.8 Å². The highest BCUT2D eigenvalue weighted by Crippen LogP contribution is 2.29. The fourth-order valence-electron chi connectivity index (χ4n) is 3.49. The van der Waals surface area contributed by atoms with Crippen LogP contribution in [-0.2, 0) is 6.54 Å². The molecule has 1 unspecified atom stereocenters. The second kappa shape index (κ2) is 9.71. The second-order valence-corrected chi connectivity index (χ2v) is 8.35. The number of benzene rings is 1. The van der Waals surface area contributed by atoms with Crippen molar-refractivity contribution in [1.29, 1.82) is 0 Å². The average molecular weight is 401 g/mol. The minimum atomic E-state index is -0.562. The van der Waals surface area contributed by atoms with Crippen LogP contribution in [0, 0.1) is 5.92 Å². The first-order valence-electron chi connectivity index (χ1n) is 9.71. The van der Waals surface area contributed by atoms with Crippen molar-refractivity contribution >= 4 is 23.3 Å². The molecule has 0 bridgehead atoms. The third-order valence-electron chi connectivity index (χ3n) is 5.27. The van der Waals surface area contributed by atoms with Crippen molar-refractivity contribution in [2.75, 3.05) is 19.6 Å². The van der Waals surface area contributed by atoms with E-state index in [0.29, 0.717) is 18.7 Å². The van der Waals surface area contributed by atoms with Crippen LogP contribution >= 0.6 is 11.3 Å². The van der Waals surface area contributed by atoms with Crippen molar-refractivity contribution < 1.29 is 9.59 Å². The predicted molar refractivity (Wildman–Crippen MR) is 112 cm³/mol. The van der Waals surface area contributed by atoms with E-state index in [4.69, 9.17) is 5.73 Å². The maximum atomic E-state index is 12.6. The Balaban J connectivity index is 1.59. The maximum absolute atomic E-state index is 12.6. The first kappa shape index (κ1) is 20.4. The van der Waals surface area contributed by atoms with Gasteiger partial charge in [-0.3, -0.25) is 9.69 Å². The minimum Gasteiger partial charge on any atom is -0.352 e. The van der Waals surface area contributed by atoms with Crippen LogP contribution < -0.4 is 16.4 Å². The fraction of sp³-hybridized carbons (Fsp3) is 0.429. The van der Waals surface area contributed by atoms with Gasteiger partial charge in [0.05, 0.1) is 6.04 Å². The van der Waals surface area contributed by atoms with Gasteiger partial charge in [0.25, 0.3) is 5.91 Å². The smallest absolute Gasteiger partial charge is 0.312 e. The molecule has 1 atom stereocenters. The molecule has 3 amide bonds. The van der Waals surface area contributed by atoms with Gasteiger partial charge in [-0.1, -0.05) is 25.1 Å². The number of nitrogens with two attached hydrogens (primary N) is 1. The molecule has 150 valence electrons. The molecule has 3 rings (SSSR count). The molecule has 0 spiro atoms. The van der Waals surface area contributed by atoms with Gasteiger partial charge < -0.3 is 16.4 Å². The zero-order chi connectivity index (χ0) is 19.9. The number of hydrogen-bond donors (Lipinski definition) is 3. The van der Waals surface area contributed by atoms with E-state index in [1.165, 1.54) is 17.7 Å². The van der Waals surface area contributed by atoms with E-state index in [1.807, 2.05) is 12.1 Å². The molecule has 1 saturated heterocycles. The number of thiophene rings is 1. The molecule has 1 aromatic heterocycles. The molecular weight excluding hydrogens is 372 g/mol. The zero-order valence-corrected chi connectivity index (χ0v) is 17.0. The molecule has 0 aliphatic carbocycles. The number of nitrogens with zero attached hydrogens (tertiary/aromatic N) is 1. The Labute approximate surface area is 170 Å². The van der Waals surface area contributed by atoms with Gasteiger partial charge in [-0.25, -0.2) is 4.79 Å². The molecule has 1 aliphatic rings. The van der Waals surface area contributed by atoms with Gasteiger partial charge in [-0.2, -0.15) is 0 Å². The molecule has 2 aromatic rings. The monoisotopic (exact) mass is 400 g/mol. The third-order valence-corrected chi connectivity index (χ3v) is 6.24. The van der Waals surface area contributed by atoms with E-state index in [1.54, 1.807) is 23.5 Å². The van der Waals surface area contributed by atoms with Crippen molar-refractivity contribution in [2.24, 2.45) is 11.7 Å². The lowest BCUT2D eigenvalue weighted by atomic mass is 9.97. The highest BCUT2D eigenvalue weighted by atomic mass is 32.1. The highest BCUT2D eigenvalue weighted by Gasteiger charge is 2.25. The molecule has 0 radical (unpaired) electrons. The molecule has 4 N–H and O–H groups in total. The summed E-state index contributed by atoms with van der Waals surface area (Å²) in [5.74, 6) is 0.693. The number of rotatable bonds is 7. The molecule has 0 saturated carbocycles. The highest BCUT2D eigenvalue weighted by molar-refractivity contribution is 7.10. The molecular formula is C21H28N4O2S. The van der Waals surface area contributed by atoms with Gasteiger partial charge >= 0.3 is 6.03 Å². The molecule has 7 heteroatoms. The average Bonchev–Trinajstić information content (AvgIpc) is 3.22. The lowest BCUT2D eigenvalue weighted by Gasteiger charge is -2.36. The normalized spacial score (nSPS) is 16.5. The van der Waals surface area contributed by atoms with Crippen molar-refractivity contribution in [3.63, 3.8) is 0 Å². The van der Waals surface area contributed by atoms with Gasteiger partial charge in [0.15, 0.2) is 0 Å². The number of amides is 3. The van der Waals surface area contributed by atoms with Crippen LogP contribution in [-0.4, -0.2) is 36.5 Å². The molecule has 28 heavy (non-hydrogen) atoms. The van der Waals surface area contributed by atoms with Crippen molar-refractivity contribution in [2.45, 2.75) is 32.4 Å². The Morgan fingerprint density at radius 3 is 2.50 bits per heavy atom. The zero-order valence-electron chi connectivity index (χ0n) is 16.2. The Morgan fingerprint density at radius 2 is 1.89 bits per heavy atom. The summed E-state index contributed by atoms with van der Waals surface area (Å²) in [6.07, 6.45) is 2.41. The lowest BCUT2D eigenvalue weighted by molar-refractivity contribution is 0.0915. The van der Waals surface area contributed by atoms with Crippen molar-refractivity contribution in [1.82, 2.24) is 15.5 Å². The Bertz CT molecular complexity index is 768. The topological polar surface area (TPSA) is 87.5 Å². The molecule has 2 heterocycles. The molecule has 1 aromatic carbocycles. The summed E-state index contributed by atoms with van der Waals surface area (Å²) in [5.41, 5.74) is 6.59. The standard InChI is InChI=1S/C21H28N4O2S/c1-15-8-10-25(11-9-15)18(19-3-2-12-28-19)14-23-20(26)17-6-4-16(5-7-17)13-24-21(22)27/h2-7,12,15,18H,8-11,13-14H2,1H3,(H,23,26)(H3,22,24,27). The van der Waals surface area contributed by atoms with Gasteiger partial charge in [0, 0.05) is 23.5 Å². The van der Waals surface area contributed by atoms with Crippen LogP contribution in [0.4, 0.5) is 4.79 Å². The van der Waals surface area contributed by atoms with E-state index in [9.17, 15) is 9.59 Å². The Morgan fingerprint density at radius 1 is 1.18 bits per heavy atom. The lowest BCUT2D eigenvalue weighted by Crippen LogP contribution is -2.41. The number of nitrogens with one attached hydrogen (secondary N) is 2. The maximum Gasteiger partial charge on any atom is 0.312 e. The molecule has 1 fully saturated rings. The first-order valence-corrected chi connectivity index (χ1v) is 10.6. The van der Waals surface area contributed by atoms with Crippen LogP contribution in [0.3, 0.4) is 0 Å². The molecule has 6 nitrogen and oxygen atoms in total. The summed E-state index contributed by atoms with van der Waals surface area (Å²) in [6, 6.07) is 11.1. The first-order chi connectivity index (χ1) is 13.5. The fourth-order valence-corrected chi connectivity index (χ4v) is 4.35. The van der Waals surface area contributed by atoms with Gasteiger partial charge in [-0.05, 0) is 61.0 Å². The summed E-state index contributed by atoms with van der Waals surface area (Å²) in [6.45, 7) is 5.40. The number of urea groups is 1. The summed E-state index contributed by atoms with van der Waals surface area (Å²) in [4.78, 5) is 27.2. The van der Waals surface area contributed by atoms with Gasteiger partial charge in [0.2, 0.25) is 0 Å². The third kappa shape index (κ3) is 5.56. The van der Waals surface area contributed by atoms with Gasteiger partial charge in [-0.15, -0.1) is 11.3 Å². The number of primary amides is 1. The van der Waals surface area contributed by atoms with Crippen LogP contribution in [0.1, 0.15) is 46.6 Å². The Hall–Kier alpha value is -2.38. The number of carbonyl (C=O) groups is 2. The molecule has 1 aliphatic heterocycles. The summed E-state index contributed by atoms with van der Waals surface area (Å²) < 4.78 is 0. The van der Waals surface area contributed by atoms with Crippen LogP contribution in [0.5, 0.6) is 0 Å². The van der Waals surface area contributed by atoms with E-state index >= 15 is 0 Å². The SMILES string of the molecule is CC1CCN(C(CNC(=O)c2ccc(CNC(N)=O)cc2)c2cccs2)CC1. The summed E-state index contributed by atoms with van der Waals surface area (Å²) >= 11 is 1.75. The summed E-state index contributed by atoms with van der Waals surface area (Å²) in [5, 5.41) is 7.73. The largest absolute Gasteiger partial charge is 0.352 e. The number of likely N-dealkylation sites (tertiary alicyclic amines) is 1.